The van der Waals surface area contributed by atoms with Gasteiger partial charge in [-0.05, 0) is 38.2 Å². The largest absolute Gasteiger partial charge is 0.490 e. The topological polar surface area (TPSA) is 125 Å². The van der Waals surface area contributed by atoms with Gasteiger partial charge >= 0.3 is 12.1 Å². The highest BCUT2D eigenvalue weighted by Crippen LogP contribution is 2.41. The van der Waals surface area contributed by atoms with E-state index in [1.807, 2.05) is 19.0 Å². The molecule has 0 saturated carbocycles. The van der Waals surface area contributed by atoms with Gasteiger partial charge in [-0.15, -0.1) is 0 Å². The second kappa shape index (κ2) is 10.6. The molecule has 11 nitrogen and oxygen atoms in total. The molecule has 5 heterocycles. The Morgan fingerprint density at radius 3 is 2.24 bits per heavy atom. The van der Waals surface area contributed by atoms with Crippen molar-refractivity contribution in [3.05, 3.63) is 35.4 Å². The van der Waals surface area contributed by atoms with Gasteiger partial charge in [0.15, 0.2) is 0 Å². The zero-order valence-corrected chi connectivity index (χ0v) is 21.2. The Morgan fingerprint density at radius 1 is 1.05 bits per heavy atom. The van der Waals surface area contributed by atoms with Crippen LogP contribution in [-0.4, -0.2) is 98.4 Å². The van der Waals surface area contributed by atoms with Gasteiger partial charge in [0.2, 0.25) is 5.95 Å². The van der Waals surface area contributed by atoms with Gasteiger partial charge in [0.05, 0.1) is 11.3 Å². The number of hydrogen-bond donors (Lipinski definition) is 1. The van der Waals surface area contributed by atoms with E-state index in [-0.39, 0.29) is 17.2 Å². The van der Waals surface area contributed by atoms with Crippen LogP contribution in [0.3, 0.4) is 0 Å². The van der Waals surface area contributed by atoms with Gasteiger partial charge in [-0.1, -0.05) is 0 Å². The number of amides is 2. The molecular formula is C24H30F3N7O4. The molecule has 2 aromatic rings. The molecular weight excluding hydrogens is 507 g/mol. The summed E-state index contributed by atoms with van der Waals surface area (Å²) in [6.07, 6.45) is 3.51. The number of aryl methyl sites for hydroxylation is 1. The Hall–Kier alpha value is -3.71. The van der Waals surface area contributed by atoms with Gasteiger partial charge in [-0.3, -0.25) is 14.3 Å². The van der Waals surface area contributed by atoms with Crippen LogP contribution in [0.25, 0.3) is 0 Å². The molecule has 0 atom stereocenters. The fraction of sp³-hybridized carbons (Fsp3) is 0.583. The summed E-state index contributed by atoms with van der Waals surface area (Å²) < 4.78 is 33.4. The highest BCUT2D eigenvalue weighted by molar-refractivity contribution is 5.97. The lowest BCUT2D eigenvalue weighted by Crippen LogP contribution is -2.54. The molecule has 2 amide bonds. The second-order valence-corrected chi connectivity index (χ2v) is 9.89. The number of aromatic nitrogens is 4. The van der Waals surface area contributed by atoms with Crippen LogP contribution in [0.4, 0.5) is 19.1 Å². The minimum Gasteiger partial charge on any atom is -0.475 e. The molecule has 5 rings (SSSR count). The Labute approximate surface area is 217 Å². The number of fused-ring (bicyclic) bond motifs is 2. The van der Waals surface area contributed by atoms with Crippen LogP contribution in [0.2, 0.25) is 0 Å². The van der Waals surface area contributed by atoms with Crippen molar-refractivity contribution in [2.24, 2.45) is 7.05 Å². The maximum Gasteiger partial charge on any atom is 0.490 e. The number of carboxylic acid groups (broad SMARTS) is 1. The van der Waals surface area contributed by atoms with E-state index in [9.17, 15) is 22.8 Å². The van der Waals surface area contributed by atoms with Crippen molar-refractivity contribution in [1.29, 1.82) is 0 Å². The maximum absolute atomic E-state index is 12.9. The summed E-state index contributed by atoms with van der Waals surface area (Å²) in [5.74, 6) is -2.07. The molecule has 2 saturated heterocycles. The summed E-state index contributed by atoms with van der Waals surface area (Å²) in [6, 6.07) is 1.76. The van der Waals surface area contributed by atoms with Crippen molar-refractivity contribution in [2.75, 3.05) is 44.7 Å². The zero-order valence-electron chi connectivity index (χ0n) is 21.2. The summed E-state index contributed by atoms with van der Waals surface area (Å²) in [5, 5.41) is 11.4. The molecule has 1 spiro atoms. The number of carboxylic acids is 1. The van der Waals surface area contributed by atoms with Crippen LogP contribution >= 0.6 is 0 Å². The molecule has 0 aliphatic carbocycles. The summed E-state index contributed by atoms with van der Waals surface area (Å²) in [5.41, 5.74) is 1.71. The summed E-state index contributed by atoms with van der Waals surface area (Å²) in [7, 11) is 3.66. The predicted octanol–water partition coefficient (Wildman–Crippen LogP) is 2.09. The van der Waals surface area contributed by atoms with E-state index in [4.69, 9.17) is 14.9 Å². The van der Waals surface area contributed by atoms with Crippen molar-refractivity contribution < 1.29 is 32.7 Å². The molecule has 14 heteroatoms. The Morgan fingerprint density at radius 2 is 1.68 bits per heavy atom. The number of hydrogen-bond acceptors (Lipinski definition) is 7. The van der Waals surface area contributed by atoms with Crippen LogP contribution in [0.15, 0.2) is 18.5 Å². The van der Waals surface area contributed by atoms with Gasteiger partial charge in [0.1, 0.15) is 5.69 Å². The van der Waals surface area contributed by atoms with Crippen molar-refractivity contribution in [3.8, 4) is 0 Å². The average molecular weight is 538 g/mol. The number of rotatable bonds is 2. The Kier molecular flexibility index (Phi) is 7.61. The lowest BCUT2D eigenvalue weighted by Gasteiger charge is -2.46. The van der Waals surface area contributed by atoms with E-state index in [0.717, 1.165) is 50.4 Å². The van der Waals surface area contributed by atoms with Gasteiger partial charge in [0.25, 0.3) is 11.8 Å². The minimum atomic E-state index is -5.08. The highest BCUT2D eigenvalue weighted by atomic mass is 19.4. The highest BCUT2D eigenvalue weighted by Gasteiger charge is 2.46. The van der Waals surface area contributed by atoms with Crippen LogP contribution in [-0.2, 0) is 17.3 Å². The van der Waals surface area contributed by atoms with E-state index < -0.39 is 12.1 Å². The zero-order chi connectivity index (χ0) is 27.7. The first-order valence-corrected chi connectivity index (χ1v) is 12.4. The average Bonchev–Trinajstić information content (AvgIpc) is 3.34. The lowest BCUT2D eigenvalue weighted by molar-refractivity contribution is -0.192. The molecule has 38 heavy (non-hydrogen) atoms. The van der Waals surface area contributed by atoms with E-state index in [1.165, 1.54) is 6.42 Å². The number of likely N-dealkylation sites (N-methyl/N-ethyl adjacent to an activating group) is 1. The minimum absolute atomic E-state index is 0.0159. The normalized spacial score (nSPS) is 19.1. The smallest absolute Gasteiger partial charge is 0.475 e. The molecule has 206 valence electrons. The maximum atomic E-state index is 12.9. The first-order chi connectivity index (χ1) is 17.9. The predicted molar refractivity (Wildman–Crippen MR) is 129 cm³/mol. The number of likely N-dealkylation sites (tertiary alicyclic amines) is 1. The first kappa shape index (κ1) is 27.3. The van der Waals surface area contributed by atoms with Crippen molar-refractivity contribution in [3.63, 3.8) is 0 Å². The summed E-state index contributed by atoms with van der Waals surface area (Å²) >= 11 is 0. The number of aliphatic carboxylic acids is 1. The van der Waals surface area contributed by atoms with Crippen LogP contribution < -0.4 is 4.90 Å². The van der Waals surface area contributed by atoms with Crippen LogP contribution in [0, 0.1) is 0 Å². The number of anilines is 1. The Balaban J connectivity index is 0.000000426. The van der Waals surface area contributed by atoms with Gasteiger partial charge < -0.3 is 19.8 Å². The molecule has 3 aliphatic rings. The molecule has 1 N–H and O–H groups in total. The fourth-order valence-electron chi connectivity index (χ4n) is 5.21. The van der Waals surface area contributed by atoms with E-state index in [0.29, 0.717) is 30.9 Å². The molecule has 0 bridgehead atoms. The van der Waals surface area contributed by atoms with Crippen LogP contribution in [0.1, 0.15) is 58.6 Å². The SMILES string of the molecule is CN1CC2(CCN(C(=O)c3ccn(C)n3)CC2)c2nc(N3CCCCC3)ncc2C1=O.O=C(O)C(F)(F)F. The molecule has 0 aromatic carbocycles. The first-order valence-electron chi connectivity index (χ1n) is 12.4. The number of alkyl halides is 3. The third kappa shape index (κ3) is 5.58. The molecule has 0 unspecified atom stereocenters. The summed E-state index contributed by atoms with van der Waals surface area (Å²) in [4.78, 5) is 50.0. The quantitative estimate of drug-likeness (QED) is 0.618. The second-order valence-electron chi connectivity index (χ2n) is 9.89. The van der Waals surface area contributed by atoms with Crippen molar-refractivity contribution >= 4 is 23.7 Å². The Bertz CT molecular complexity index is 1200. The summed E-state index contributed by atoms with van der Waals surface area (Å²) in [6.45, 7) is 3.80. The third-order valence-corrected chi connectivity index (χ3v) is 7.22. The van der Waals surface area contributed by atoms with Gasteiger partial charge in [-0.2, -0.15) is 18.3 Å². The van der Waals surface area contributed by atoms with Crippen LogP contribution in [0.5, 0.6) is 0 Å². The molecule has 2 fully saturated rings. The molecule has 2 aromatic heterocycles. The van der Waals surface area contributed by atoms with E-state index >= 15 is 0 Å². The fourth-order valence-corrected chi connectivity index (χ4v) is 5.21. The van der Waals surface area contributed by atoms with Crippen molar-refractivity contribution in [2.45, 2.75) is 43.7 Å². The molecule has 0 radical (unpaired) electrons. The third-order valence-electron chi connectivity index (χ3n) is 7.22. The standard InChI is InChI=1S/C22H29N7O2.C2HF3O2/c1-26-15-22(7-12-28(13-8-22)20(31)17-6-11-27(2)25-17)18-16(19(26)30)14-23-21(24-18)29-9-4-3-5-10-29;3-2(4,5)1(6)7/h6,11,14H,3-5,7-10,12-13,15H2,1-2H3;(H,6,7). The lowest BCUT2D eigenvalue weighted by atomic mass is 9.71. The number of carbonyl (C=O) groups excluding carboxylic acids is 2. The number of nitrogens with zero attached hydrogens (tertiary/aromatic N) is 7. The van der Waals surface area contributed by atoms with Gasteiger partial charge in [0, 0.05) is 64.6 Å². The van der Waals surface area contributed by atoms with E-state index in [2.05, 4.69) is 15.0 Å². The number of carbonyl (C=O) groups is 3. The molecule has 3 aliphatic heterocycles. The monoisotopic (exact) mass is 537 g/mol. The van der Waals surface area contributed by atoms with E-state index in [1.54, 1.807) is 28.0 Å². The number of piperidine rings is 2. The van der Waals surface area contributed by atoms with Gasteiger partial charge in [-0.25, -0.2) is 14.8 Å². The van der Waals surface area contributed by atoms with Crippen molar-refractivity contribution in [1.82, 2.24) is 29.5 Å². The number of halogens is 3.